The molecule has 10 heteroatoms. The van der Waals surface area contributed by atoms with Crippen molar-refractivity contribution in [3.8, 4) is 0 Å². The quantitative estimate of drug-likeness (QED) is 0.653. The molecule has 2 rings (SSSR count). The number of aromatic amines is 1. The summed E-state index contributed by atoms with van der Waals surface area (Å²) in [6.45, 7) is 0. The number of nitrogens with zero attached hydrogens (tertiary/aromatic N) is 1. The first-order chi connectivity index (χ1) is 11.3. The zero-order chi connectivity index (χ0) is 17.9. The van der Waals surface area contributed by atoms with E-state index in [0.29, 0.717) is 0 Å². The number of methoxy groups -OCH3 is 2. The summed E-state index contributed by atoms with van der Waals surface area (Å²) in [4.78, 5) is 28.6. The first-order valence-corrected chi connectivity index (χ1v) is 6.47. The Bertz CT molecular complexity index is 811. The third-order valence-electron chi connectivity index (χ3n) is 2.92. The summed E-state index contributed by atoms with van der Waals surface area (Å²) >= 11 is 0. The van der Waals surface area contributed by atoms with Crippen LogP contribution in [0, 0.1) is 0 Å². The van der Waals surface area contributed by atoms with Gasteiger partial charge in [-0.25, -0.2) is 14.6 Å². The number of rotatable bonds is 4. The van der Waals surface area contributed by atoms with Crippen LogP contribution in [-0.2, 0) is 25.2 Å². The number of hydrogen-bond acceptors (Lipinski definition) is 6. The van der Waals surface area contributed by atoms with E-state index < -0.39 is 23.9 Å². The second-order valence-corrected chi connectivity index (χ2v) is 4.48. The van der Waals surface area contributed by atoms with Gasteiger partial charge in [0.15, 0.2) is 0 Å². The molecule has 0 radical (unpaired) electrons. The summed E-state index contributed by atoms with van der Waals surface area (Å²) in [7, 11) is 2.20. The predicted molar refractivity (Wildman–Crippen MR) is 76.8 cm³/mol. The highest BCUT2D eigenvalue weighted by Gasteiger charge is 2.35. The Morgan fingerprint density at radius 3 is 2.54 bits per heavy atom. The van der Waals surface area contributed by atoms with E-state index in [4.69, 9.17) is 0 Å². The topological polar surface area (TPSA) is 93.3 Å². The number of nitrogens with one attached hydrogen (secondary N) is 2. The molecule has 0 aliphatic heterocycles. The van der Waals surface area contributed by atoms with Gasteiger partial charge in [-0.05, 0) is 12.1 Å². The molecule has 0 aliphatic carbocycles. The van der Waals surface area contributed by atoms with Crippen LogP contribution in [0.25, 0.3) is 11.0 Å². The summed E-state index contributed by atoms with van der Waals surface area (Å²) in [5.74, 6) is -2.92. The maximum Gasteiger partial charge on any atom is 0.449 e. The van der Waals surface area contributed by atoms with Crippen LogP contribution in [0.2, 0.25) is 0 Å². The van der Waals surface area contributed by atoms with Gasteiger partial charge in [0.25, 0.3) is 0 Å². The number of esters is 2. The van der Waals surface area contributed by atoms with E-state index >= 15 is 0 Å². The second kappa shape index (κ2) is 6.60. The van der Waals surface area contributed by atoms with Crippen LogP contribution >= 0.6 is 0 Å². The number of H-pyrrole nitrogens is 1. The number of fused-ring (bicyclic) bond motifs is 1. The van der Waals surface area contributed by atoms with Crippen LogP contribution in [0.4, 0.5) is 18.9 Å². The number of hydrogen-bond donors (Lipinski definition) is 2. The Balaban J connectivity index is 2.47. The number of carbonyl (C=O) groups is 2. The van der Waals surface area contributed by atoms with Crippen LogP contribution in [0.5, 0.6) is 0 Å². The molecule has 0 atom stereocenters. The summed E-state index contributed by atoms with van der Waals surface area (Å²) in [5, 5.41) is 2.54. The Labute approximate surface area is 133 Å². The Hall–Kier alpha value is -3.04. The zero-order valence-corrected chi connectivity index (χ0v) is 12.5. The molecular weight excluding hydrogens is 331 g/mol. The van der Waals surface area contributed by atoms with Gasteiger partial charge in [-0.2, -0.15) is 13.2 Å². The molecule has 0 amide bonds. The normalized spacial score (nSPS) is 12.1. The van der Waals surface area contributed by atoms with Gasteiger partial charge in [0, 0.05) is 0 Å². The van der Waals surface area contributed by atoms with Crippen molar-refractivity contribution in [3.05, 3.63) is 35.8 Å². The number of imidazole rings is 1. The van der Waals surface area contributed by atoms with Gasteiger partial charge in [-0.1, -0.05) is 6.07 Å². The van der Waals surface area contributed by atoms with E-state index in [9.17, 15) is 22.8 Å². The number of anilines is 1. The molecule has 0 unspecified atom stereocenters. The van der Waals surface area contributed by atoms with Gasteiger partial charge in [0.2, 0.25) is 5.82 Å². The van der Waals surface area contributed by atoms with Crippen molar-refractivity contribution in [3.63, 3.8) is 0 Å². The van der Waals surface area contributed by atoms with Crippen molar-refractivity contribution in [2.75, 3.05) is 19.5 Å². The molecule has 0 fully saturated rings. The van der Waals surface area contributed by atoms with Crippen molar-refractivity contribution < 1.29 is 32.2 Å². The summed E-state index contributed by atoms with van der Waals surface area (Å²) < 4.78 is 47.2. The molecular formula is C14H12F3N3O4. The first kappa shape index (κ1) is 17.3. The van der Waals surface area contributed by atoms with E-state index in [0.717, 1.165) is 20.3 Å². The van der Waals surface area contributed by atoms with Crippen LogP contribution in [-0.4, -0.2) is 36.1 Å². The SMILES string of the molecule is COC(=O)/C=C(/Nc1cccc2[nH]c(C(F)(F)F)nc12)C(=O)OC. The zero-order valence-electron chi connectivity index (χ0n) is 12.5. The Kier molecular flexibility index (Phi) is 4.77. The number of ether oxygens (including phenoxy) is 2. The van der Waals surface area contributed by atoms with Gasteiger partial charge >= 0.3 is 18.1 Å². The van der Waals surface area contributed by atoms with Crippen molar-refractivity contribution in [2.24, 2.45) is 0 Å². The number of benzene rings is 1. The first-order valence-electron chi connectivity index (χ1n) is 6.47. The van der Waals surface area contributed by atoms with Crippen molar-refractivity contribution in [1.82, 2.24) is 9.97 Å². The Morgan fingerprint density at radius 2 is 1.96 bits per heavy atom. The van der Waals surface area contributed by atoms with E-state index in [1.165, 1.54) is 18.2 Å². The number of halogens is 3. The second-order valence-electron chi connectivity index (χ2n) is 4.48. The lowest BCUT2D eigenvalue weighted by molar-refractivity contribution is -0.144. The van der Waals surface area contributed by atoms with Crippen LogP contribution in [0.3, 0.4) is 0 Å². The number of carbonyl (C=O) groups excluding carboxylic acids is 2. The molecule has 0 saturated carbocycles. The minimum atomic E-state index is -4.65. The molecule has 0 bridgehead atoms. The van der Waals surface area contributed by atoms with Gasteiger partial charge in [-0.15, -0.1) is 0 Å². The highest BCUT2D eigenvalue weighted by Crippen LogP contribution is 2.31. The minimum absolute atomic E-state index is 0.0514. The maximum atomic E-state index is 12.8. The van der Waals surface area contributed by atoms with E-state index in [-0.39, 0.29) is 22.4 Å². The van der Waals surface area contributed by atoms with Crippen LogP contribution in [0.1, 0.15) is 5.82 Å². The minimum Gasteiger partial charge on any atom is -0.466 e. The number of para-hydroxylation sites is 1. The molecule has 128 valence electrons. The average Bonchev–Trinajstić information content (AvgIpc) is 2.98. The monoisotopic (exact) mass is 343 g/mol. The molecule has 0 aliphatic rings. The van der Waals surface area contributed by atoms with Gasteiger partial charge in [0.1, 0.15) is 11.2 Å². The third kappa shape index (κ3) is 3.65. The Morgan fingerprint density at radius 1 is 1.25 bits per heavy atom. The van der Waals surface area contributed by atoms with Crippen molar-refractivity contribution >= 4 is 28.7 Å². The lowest BCUT2D eigenvalue weighted by atomic mass is 10.2. The highest BCUT2D eigenvalue weighted by molar-refractivity contribution is 6.01. The number of aromatic nitrogens is 2. The van der Waals surface area contributed by atoms with Gasteiger partial charge < -0.3 is 19.8 Å². The lowest BCUT2D eigenvalue weighted by Gasteiger charge is -2.09. The molecule has 2 aromatic rings. The van der Waals surface area contributed by atoms with Crippen LogP contribution < -0.4 is 5.32 Å². The fourth-order valence-corrected chi connectivity index (χ4v) is 1.85. The van der Waals surface area contributed by atoms with Crippen molar-refractivity contribution in [2.45, 2.75) is 6.18 Å². The summed E-state index contributed by atoms with van der Waals surface area (Å²) in [6.07, 6.45) is -3.83. The molecule has 0 spiro atoms. The predicted octanol–water partition coefficient (Wildman–Crippen LogP) is 2.22. The largest absolute Gasteiger partial charge is 0.466 e. The standard InChI is InChI=1S/C14H12F3N3O4/c1-23-10(21)6-9(12(22)24-2)18-7-4-3-5-8-11(7)20-13(19-8)14(15,16)17/h3-6,18H,1-2H3,(H,19,20)/b9-6+. The fraction of sp³-hybridized carbons (Fsp3) is 0.214. The summed E-state index contributed by atoms with van der Waals surface area (Å²) in [5.41, 5.74) is -0.174. The average molecular weight is 343 g/mol. The molecule has 1 aromatic carbocycles. The molecule has 1 heterocycles. The smallest absolute Gasteiger partial charge is 0.449 e. The van der Waals surface area contributed by atoms with E-state index in [2.05, 4.69) is 24.8 Å². The number of alkyl halides is 3. The van der Waals surface area contributed by atoms with Crippen LogP contribution in [0.15, 0.2) is 30.0 Å². The third-order valence-corrected chi connectivity index (χ3v) is 2.92. The van der Waals surface area contributed by atoms with Gasteiger partial charge in [-0.3, -0.25) is 0 Å². The molecule has 24 heavy (non-hydrogen) atoms. The molecule has 7 nitrogen and oxygen atoms in total. The molecule has 2 N–H and O–H groups in total. The van der Waals surface area contributed by atoms with E-state index in [1.54, 1.807) is 0 Å². The van der Waals surface area contributed by atoms with E-state index in [1.807, 2.05) is 0 Å². The lowest BCUT2D eigenvalue weighted by Crippen LogP contribution is -2.15. The molecule has 1 aromatic heterocycles. The maximum absolute atomic E-state index is 12.8. The summed E-state index contributed by atoms with van der Waals surface area (Å²) in [6, 6.07) is 4.25. The van der Waals surface area contributed by atoms with Crippen molar-refractivity contribution in [1.29, 1.82) is 0 Å². The fourth-order valence-electron chi connectivity index (χ4n) is 1.85. The highest BCUT2D eigenvalue weighted by atomic mass is 19.4. The molecule has 0 saturated heterocycles. The van der Waals surface area contributed by atoms with Gasteiger partial charge in [0.05, 0.1) is 31.5 Å².